The van der Waals surface area contributed by atoms with Crippen molar-refractivity contribution in [1.82, 2.24) is 9.88 Å². The number of benzene rings is 2. The Morgan fingerprint density at radius 3 is 2.64 bits per heavy atom. The van der Waals surface area contributed by atoms with Crippen LogP contribution in [0.4, 0.5) is 10.5 Å². The monoisotopic (exact) mass is 523 g/mol. The third kappa shape index (κ3) is 6.05. The Bertz CT molecular complexity index is 1350. The summed E-state index contributed by atoms with van der Waals surface area (Å²) in [6, 6.07) is 14.0. The summed E-state index contributed by atoms with van der Waals surface area (Å²) in [4.78, 5) is 42.9. The number of nitrogens with zero attached hydrogens (tertiary/aromatic N) is 2. The van der Waals surface area contributed by atoms with Crippen molar-refractivity contribution in [1.29, 1.82) is 0 Å². The smallest absolute Gasteiger partial charge is 0.294 e. The normalized spacial score (nSPS) is 14.3. The number of rotatable bonds is 8. The molecule has 0 saturated carbocycles. The lowest BCUT2D eigenvalue weighted by Gasteiger charge is -2.14. The lowest BCUT2D eigenvalue weighted by atomic mass is 10.2. The van der Waals surface area contributed by atoms with Crippen molar-refractivity contribution in [3.05, 3.63) is 87.5 Å². The summed E-state index contributed by atoms with van der Waals surface area (Å²) in [6.07, 6.45) is 4.96. The average Bonchev–Trinajstić information content (AvgIpc) is 3.13. The number of halogens is 1. The van der Waals surface area contributed by atoms with Crippen molar-refractivity contribution in [3.8, 4) is 11.5 Å². The number of anilines is 1. The minimum Gasteiger partial charge on any atom is -0.493 e. The van der Waals surface area contributed by atoms with E-state index in [0.717, 1.165) is 27.8 Å². The highest BCUT2D eigenvalue weighted by atomic mass is 35.5. The second-order valence-corrected chi connectivity index (χ2v) is 9.26. The minimum atomic E-state index is -0.542. The zero-order chi connectivity index (χ0) is 25.7. The molecule has 0 aliphatic carbocycles. The number of thioether (sulfide) groups is 1. The first kappa shape index (κ1) is 25.3. The van der Waals surface area contributed by atoms with Gasteiger partial charge in [0.25, 0.3) is 11.1 Å². The summed E-state index contributed by atoms with van der Waals surface area (Å²) in [5, 5.41) is 2.64. The molecule has 0 spiro atoms. The highest BCUT2D eigenvalue weighted by Gasteiger charge is 2.36. The molecule has 1 aliphatic heterocycles. The zero-order valence-corrected chi connectivity index (χ0v) is 21.1. The number of carbonyl (C=O) groups is 3. The van der Waals surface area contributed by atoms with E-state index in [1.165, 1.54) is 7.11 Å². The maximum atomic E-state index is 12.9. The third-order valence-corrected chi connectivity index (χ3v) is 6.42. The molecule has 8 nitrogen and oxygen atoms in total. The van der Waals surface area contributed by atoms with Gasteiger partial charge in [0.2, 0.25) is 5.91 Å². The fraction of sp³-hybridized carbons (Fsp3) is 0.154. The Labute approximate surface area is 217 Å². The van der Waals surface area contributed by atoms with Gasteiger partial charge in [0, 0.05) is 23.1 Å². The second kappa shape index (κ2) is 11.3. The van der Waals surface area contributed by atoms with Crippen LogP contribution in [0.2, 0.25) is 5.02 Å². The molecule has 10 heteroatoms. The van der Waals surface area contributed by atoms with Gasteiger partial charge >= 0.3 is 0 Å². The lowest BCUT2D eigenvalue weighted by Crippen LogP contribution is -2.36. The summed E-state index contributed by atoms with van der Waals surface area (Å²) in [6.45, 7) is 1.76. The van der Waals surface area contributed by atoms with E-state index in [4.69, 9.17) is 21.1 Å². The average molecular weight is 524 g/mol. The van der Waals surface area contributed by atoms with Crippen LogP contribution < -0.4 is 14.8 Å². The molecule has 184 valence electrons. The first-order chi connectivity index (χ1) is 17.3. The first-order valence-electron chi connectivity index (χ1n) is 10.8. The van der Waals surface area contributed by atoms with Crippen molar-refractivity contribution >= 4 is 52.2 Å². The number of pyridine rings is 1. The summed E-state index contributed by atoms with van der Waals surface area (Å²) in [5.41, 5.74) is 2.93. The molecule has 2 heterocycles. The predicted molar refractivity (Wildman–Crippen MR) is 139 cm³/mol. The van der Waals surface area contributed by atoms with E-state index in [2.05, 4.69) is 10.3 Å². The number of amides is 3. The Hall–Kier alpha value is -3.82. The molecular formula is C26H22ClN3O5S. The van der Waals surface area contributed by atoms with E-state index in [0.29, 0.717) is 34.4 Å². The number of hydrogen-bond acceptors (Lipinski definition) is 7. The van der Waals surface area contributed by atoms with Gasteiger partial charge in [-0.25, -0.2) is 0 Å². The molecule has 0 bridgehead atoms. The van der Waals surface area contributed by atoms with Crippen LogP contribution >= 0.6 is 23.4 Å². The van der Waals surface area contributed by atoms with Gasteiger partial charge in [0.05, 0.1) is 12.0 Å². The van der Waals surface area contributed by atoms with Crippen LogP contribution in [-0.2, 0) is 16.2 Å². The number of aryl methyl sites for hydroxylation is 1. The van der Waals surface area contributed by atoms with Gasteiger partial charge in [-0.3, -0.25) is 24.3 Å². The Kier molecular flexibility index (Phi) is 7.92. The molecule has 3 amide bonds. The molecule has 1 fully saturated rings. The molecule has 1 aliphatic rings. The lowest BCUT2D eigenvalue weighted by molar-refractivity contribution is -0.127. The van der Waals surface area contributed by atoms with Crippen LogP contribution in [0.1, 0.15) is 16.7 Å². The number of aromatic nitrogens is 1. The molecule has 1 aromatic heterocycles. The molecule has 0 unspecified atom stereocenters. The van der Waals surface area contributed by atoms with Crippen LogP contribution in [0.5, 0.6) is 11.5 Å². The Balaban J connectivity index is 1.43. The number of imide groups is 1. The van der Waals surface area contributed by atoms with Crippen LogP contribution in [0.3, 0.4) is 0 Å². The van der Waals surface area contributed by atoms with Crippen LogP contribution in [-0.4, -0.2) is 40.6 Å². The molecule has 2 aromatic carbocycles. The van der Waals surface area contributed by atoms with Gasteiger partial charge in [-0.15, -0.1) is 0 Å². The number of carbonyl (C=O) groups excluding carboxylic acids is 3. The second-order valence-electron chi connectivity index (χ2n) is 7.83. The fourth-order valence-electron chi connectivity index (χ4n) is 3.38. The van der Waals surface area contributed by atoms with Gasteiger partial charge in [0.1, 0.15) is 13.2 Å². The molecule has 0 atom stereocenters. The number of ether oxygens (including phenoxy) is 2. The number of hydrogen-bond donors (Lipinski definition) is 1. The third-order valence-electron chi connectivity index (χ3n) is 5.28. The van der Waals surface area contributed by atoms with Crippen LogP contribution in [0.15, 0.2) is 65.8 Å². The van der Waals surface area contributed by atoms with E-state index in [-0.39, 0.29) is 4.91 Å². The van der Waals surface area contributed by atoms with Gasteiger partial charge in [-0.05, 0) is 77.9 Å². The van der Waals surface area contributed by atoms with Crippen molar-refractivity contribution in [2.24, 2.45) is 0 Å². The fourth-order valence-corrected chi connectivity index (χ4v) is 4.39. The largest absolute Gasteiger partial charge is 0.493 e. The number of methoxy groups -OCH3 is 1. The van der Waals surface area contributed by atoms with Crippen LogP contribution in [0.25, 0.3) is 6.08 Å². The van der Waals surface area contributed by atoms with Gasteiger partial charge in [-0.1, -0.05) is 23.7 Å². The highest BCUT2D eigenvalue weighted by Crippen LogP contribution is 2.35. The molecule has 3 aromatic rings. The van der Waals surface area contributed by atoms with Crippen LogP contribution in [0, 0.1) is 6.92 Å². The predicted octanol–water partition coefficient (Wildman–Crippen LogP) is 5.31. The highest BCUT2D eigenvalue weighted by molar-refractivity contribution is 8.18. The Morgan fingerprint density at radius 2 is 1.89 bits per heavy atom. The maximum Gasteiger partial charge on any atom is 0.294 e. The summed E-state index contributed by atoms with van der Waals surface area (Å²) < 4.78 is 11.3. The van der Waals surface area contributed by atoms with Crippen molar-refractivity contribution in [3.63, 3.8) is 0 Å². The van der Waals surface area contributed by atoms with Crippen molar-refractivity contribution in [2.45, 2.75) is 13.5 Å². The van der Waals surface area contributed by atoms with E-state index < -0.39 is 23.6 Å². The molecular weight excluding hydrogens is 502 g/mol. The van der Waals surface area contributed by atoms with Crippen molar-refractivity contribution in [2.75, 3.05) is 19.0 Å². The van der Waals surface area contributed by atoms with Gasteiger partial charge < -0.3 is 14.8 Å². The summed E-state index contributed by atoms with van der Waals surface area (Å²) in [5.74, 6) is -0.0258. The van der Waals surface area contributed by atoms with E-state index >= 15 is 0 Å². The number of nitrogens with one attached hydrogen (secondary N) is 1. The molecule has 36 heavy (non-hydrogen) atoms. The van der Waals surface area contributed by atoms with Crippen molar-refractivity contribution < 1.29 is 23.9 Å². The van der Waals surface area contributed by atoms with E-state index in [1.54, 1.807) is 54.9 Å². The summed E-state index contributed by atoms with van der Waals surface area (Å²) in [7, 11) is 1.52. The standard InChI is InChI=1S/C26H22ClN3O5S/c1-16-3-5-19(27)13-20(16)29-24(31)14-30-25(32)23(36-26(30)33)12-18-4-6-21(22(11-18)34-2)35-15-17-7-9-28-10-8-17/h3-13H,14-15H2,1-2H3,(H,29,31)/b23-12+. The van der Waals surface area contributed by atoms with E-state index in [9.17, 15) is 14.4 Å². The Morgan fingerprint density at radius 1 is 1.11 bits per heavy atom. The van der Waals surface area contributed by atoms with Gasteiger partial charge in [-0.2, -0.15) is 0 Å². The molecule has 0 radical (unpaired) electrons. The quantitative estimate of drug-likeness (QED) is 0.400. The zero-order valence-electron chi connectivity index (χ0n) is 19.5. The molecule has 1 N–H and O–H groups in total. The van der Waals surface area contributed by atoms with Gasteiger partial charge in [0.15, 0.2) is 11.5 Å². The SMILES string of the molecule is COc1cc(/C=C2/SC(=O)N(CC(=O)Nc3cc(Cl)ccc3C)C2=O)ccc1OCc1ccncc1. The minimum absolute atomic E-state index is 0.208. The molecule has 1 saturated heterocycles. The van der Waals surface area contributed by atoms with E-state index in [1.807, 2.05) is 19.1 Å². The molecule has 4 rings (SSSR count). The summed E-state index contributed by atoms with van der Waals surface area (Å²) >= 11 is 6.77. The first-order valence-corrected chi connectivity index (χ1v) is 12.0. The maximum absolute atomic E-state index is 12.9. The topological polar surface area (TPSA) is 97.8 Å².